The molecule has 0 spiro atoms. The Morgan fingerprint density at radius 3 is 2.50 bits per heavy atom. The van der Waals surface area contributed by atoms with Gasteiger partial charge < -0.3 is 15.2 Å². The van der Waals surface area contributed by atoms with Crippen molar-refractivity contribution < 1.29 is 9.84 Å². The molecular weight excluding hydrogens is 294 g/mol. The number of thiophene rings is 1. The molecule has 0 bridgehead atoms. The monoisotopic (exact) mass is 319 g/mol. The van der Waals surface area contributed by atoms with Crippen molar-refractivity contribution in [2.75, 3.05) is 13.2 Å². The molecule has 2 unspecified atom stereocenters. The highest BCUT2D eigenvalue weighted by molar-refractivity contribution is 7.10. The van der Waals surface area contributed by atoms with E-state index < -0.39 is 6.10 Å². The van der Waals surface area contributed by atoms with Crippen molar-refractivity contribution in [3.05, 3.63) is 51.2 Å². The minimum Gasteiger partial charge on any atom is -0.490 e. The highest BCUT2D eigenvalue weighted by Gasteiger charge is 2.12. The van der Waals surface area contributed by atoms with Crippen LogP contribution in [0.4, 0.5) is 0 Å². The number of ether oxygens (including phenoxy) is 1. The van der Waals surface area contributed by atoms with Crippen molar-refractivity contribution >= 4 is 11.3 Å². The molecule has 2 aromatic rings. The first kappa shape index (κ1) is 17.0. The molecule has 0 fully saturated rings. The number of nitrogens with one attached hydrogen (secondary N) is 1. The van der Waals surface area contributed by atoms with Crippen LogP contribution >= 0.6 is 11.3 Å². The fourth-order valence-electron chi connectivity index (χ4n) is 2.58. The Morgan fingerprint density at radius 2 is 1.91 bits per heavy atom. The number of benzene rings is 1. The molecule has 3 nitrogen and oxygen atoms in total. The predicted molar refractivity (Wildman–Crippen MR) is 92.9 cm³/mol. The van der Waals surface area contributed by atoms with Crippen LogP contribution in [-0.2, 0) is 0 Å². The number of hydrogen-bond donors (Lipinski definition) is 2. The molecule has 2 N–H and O–H groups in total. The first-order chi connectivity index (χ1) is 10.5. The molecule has 0 aliphatic heterocycles. The zero-order valence-corrected chi connectivity index (χ0v) is 14.5. The third kappa shape index (κ3) is 4.57. The standard InChI is InChI=1S/C18H25NO2S/c1-12-8-13(2)18(14(3)9-12)21-11-16(20)10-19-15(4)17-6-5-7-22-17/h5-9,15-16,19-20H,10-11H2,1-4H3. The molecule has 0 saturated carbocycles. The number of rotatable bonds is 7. The van der Waals surface area contributed by atoms with Crippen molar-refractivity contribution in [2.45, 2.75) is 39.8 Å². The van der Waals surface area contributed by atoms with E-state index in [2.05, 4.69) is 42.7 Å². The van der Waals surface area contributed by atoms with Gasteiger partial charge in [0.15, 0.2) is 0 Å². The highest BCUT2D eigenvalue weighted by Crippen LogP contribution is 2.24. The van der Waals surface area contributed by atoms with Gasteiger partial charge in [0, 0.05) is 17.5 Å². The maximum Gasteiger partial charge on any atom is 0.125 e. The van der Waals surface area contributed by atoms with E-state index in [1.807, 2.05) is 19.9 Å². The second kappa shape index (κ2) is 7.77. The SMILES string of the molecule is Cc1cc(C)c(OCC(O)CNC(C)c2cccs2)c(C)c1. The minimum absolute atomic E-state index is 0.248. The summed E-state index contributed by atoms with van der Waals surface area (Å²) >= 11 is 1.72. The van der Waals surface area contributed by atoms with E-state index in [0.29, 0.717) is 13.2 Å². The molecule has 4 heteroatoms. The fraction of sp³-hybridized carbons (Fsp3) is 0.444. The Labute approximate surface area is 137 Å². The third-order valence-corrected chi connectivity index (χ3v) is 4.71. The van der Waals surface area contributed by atoms with Crippen LogP contribution in [0.5, 0.6) is 5.75 Å². The van der Waals surface area contributed by atoms with Gasteiger partial charge in [-0.3, -0.25) is 0 Å². The molecule has 0 saturated heterocycles. The Hall–Kier alpha value is -1.36. The van der Waals surface area contributed by atoms with Gasteiger partial charge in [-0.05, 0) is 50.3 Å². The average molecular weight is 319 g/mol. The van der Waals surface area contributed by atoms with Gasteiger partial charge in [-0.2, -0.15) is 0 Å². The number of aliphatic hydroxyl groups is 1. The van der Waals surface area contributed by atoms with Crippen molar-refractivity contribution in [1.82, 2.24) is 5.32 Å². The summed E-state index contributed by atoms with van der Waals surface area (Å²) in [7, 11) is 0. The van der Waals surface area contributed by atoms with Gasteiger partial charge in [0.1, 0.15) is 18.5 Å². The molecular formula is C18H25NO2S. The number of hydrogen-bond acceptors (Lipinski definition) is 4. The Bertz CT molecular complexity index is 572. The second-order valence-corrected chi connectivity index (χ2v) is 6.82. The van der Waals surface area contributed by atoms with Crippen LogP contribution in [0.15, 0.2) is 29.6 Å². The second-order valence-electron chi connectivity index (χ2n) is 5.84. The van der Waals surface area contributed by atoms with Crippen LogP contribution in [0.1, 0.15) is 34.5 Å². The topological polar surface area (TPSA) is 41.5 Å². The quantitative estimate of drug-likeness (QED) is 0.816. The van der Waals surface area contributed by atoms with Gasteiger partial charge in [-0.1, -0.05) is 23.8 Å². The van der Waals surface area contributed by atoms with E-state index in [9.17, 15) is 5.11 Å². The summed E-state index contributed by atoms with van der Waals surface area (Å²) in [6, 6.07) is 8.60. The molecule has 0 aliphatic carbocycles. The fourth-order valence-corrected chi connectivity index (χ4v) is 3.34. The van der Waals surface area contributed by atoms with E-state index >= 15 is 0 Å². The Balaban J connectivity index is 1.82. The third-order valence-electron chi connectivity index (χ3n) is 3.65. The van der Waals surface area contributed by atoms with Gasteiger partial charge in [0.05, 0.1) is 0 Å². The molecule has 1 aromatic carbocycles. The van der Waals surface area contributed by atoms with Crippen molar-refractivity contribution in [1.29, 1.82) is 0 Å². The molecule has 1 aromatic heterocycles. The first-order valence-electron chi connectivity index (χ1n) is 7.63. The van der Waals surface area contributed by atoms with Crippen LogP contribution in [0.3, 0.4) is 0 Å². The smallest absolute Gasteiger partial charge is 0.125 e. The normalized spacial score (nSPS) is 13.9. The Kier molecular flexibility index (Phi) is 6.00. The lowest BCUT2D eigenvalue weighted by Gasteiger charge is -2.18. The lowest BCUT2D eigenvalue weighted by molar-refractivity contribution is 0.103. The van der Waals surface area contributed by atoms with E-state index in [-0.39, 0.29) is 6.04 Å². The Morgan fingerprint density at radius 1 is 1.23 bits per heavy atom. The number of aliphatic hydroxyl groups excluding tert-OH is 1. The van der Waals surface area contributed by atoms with E-state index in [0.717, 1.165) is 16.9 Å². The van der Waals surface area contributed by atoms with Crippen molar-refractivity contribution in [2.24, 2.45) is 0 Å². The summed E-state index contributed by atoms with van der Waals surface area (Å²) in [5.74, 6) is 0.885. The largest absolute Gasteiger partial charge is 0.490 e. The average Bonchev–Trinajstić information content (AvgIpc) is 2.97. The molecule has 0 aliphatic rings. The van der Waals surface area contributed by atoms with E-state index in [1.165, 1.54) is 10.4 Å². The summed E-state index contributed by atoms with van der Waals surface area (Å²) in [6.07, 6.45) is -0.525. The zero-order valence-electron chi connectivity index (χ0n) is 13.7. The summed E-state index contributed by atoms with van der Waals surface area (Å²) < 4.78 is 5.82. The van der Waals surface area contributed by atoms with Crippen molar-refractivity contribution in [3.8, 4) is 5.75 Å². The molecule has 0 amide bonds. The van der Waals surface area contributed by atoms with Gasteiger partial charge in [-0.15, -0.1) is 11.3 Å². The van der Waals surface area contributed by atoms with Crippen molar-refractivity contribution in [3.63, 3.8) is 0 Å². The molecule has 22 heavy (non-hydrogen) atoms. The minimum atomic E-state index is -0.525. The van der Waals surface area contributed by atoms with Crippen LogP contribution in [-0.4, -0.2) is 24.4 Å². The lowest BCUT2D eigenvalue weighted by Crippen LogP contribution is -2.32. The maximum atomic E-state index is 10.1. The van der Waals surface area contributed by atoms with Gasteiger partial charge in [0.2, 0.25) is 0 Å². The molecule has 120 valence electrons. The summed E-state index contributed by atoms with van der Waals surface area (Å²) in [6.45, 7) is 9.08. The van der Waals surface area contributed by atoms with Gasteiger partial charge >= 0.3 is 0 Å². The van der Waals surface area contributed by atoms with Gasteiger partial charge in [-0.25, -0.2) is 0 Å². The summed E-state index contributed by atoms with van der Waals surface area (Å²) in [5, 5.41) is 15.5. The molecule has 2 rings (SSSR count). The molecule has 1 heterocycles. The molecule has 2 atom stereocenters. The van der Waals surface area contributed by atoms with Crippen LogP contribution < -0.4 is 10.1 Å². The van der Waals surface area contributed by atoms with E-state index in [4.69, 9.17) is 4.74 Å². The lowest BCUT2D eigenvalue weighted by atomic mass is 10.1. The maximum absolute atomic E-state index is 10.1. The first-order valence-corrected chi connectivity index (χ1v) is 8.51. The van der Waals surface area contributed by atoms with E-state index in [1.54, 1.807) is 11.3 Å². The van der Waals surface area contributed by atoms with Crippen LogP contribution in [0, 0.1) is 20.8 Å². The van der Waals surface area contributed by atoms with Gasteiger partial charge in [0.25, 0.3) is 0 Å². The molecule has 0 radical (unpaired) electrons. The number of aryl methyl sites for hydroxylation is 3. The highest BCUT2D eigenvalue weighted by atomic mass is 32.1. The van der Waals surface area contributed by atoms with Crippen LogP contribution in [0.25, 0.3) is 0 Å². The van der Waals surface area contributed by atoms with Crippen LogP contribution in [0.2, 0.25) is 0 Å². The summed E-state index contributed by atoms with van der Waals surface area (Å²) in [5.41, 5.74) is 3.46. The summed E-state index contributed by atoms with van der Waals surface area (Å²) in [4.78, 5) is 1.28. The zero-order chi connectivity index (χ0) is 16.1. The predicted octanol–water partition coefficient (Wildman–Crippen LogP) is 3.76.